The zero-order chi connectivity index (χ0) is 27.8. The molecule has 0 heterocycles. The van der Waals surface area contributed by atoms with Crippen LogP contribution in [0.15, 0.2) is 0 Å². The molecule has 0 spiro atoms. The summed E-state index contributed by atoms with van der Waals surface area (Å²) in [7, 11) is 0. The molecule has 0 fully saturated rings. The van der Waals surface area contributed by atoms with Gasteiger partial charge >= 0.3 is 5.97 Å². The van der Waals surface area contributed by atoms with Crippen molar-refractivity contribution < 1.29 is 9.53 Å². The van der Waals surface area contributed by atoms with Crippen molar-refractivity contribution in [3.8, 4) is 0 Å². The normalized spacial score (nSPS) is 12.2. The summed E-state index contributed by atoms with van der Waals surface area (Å²) in [6.07, 6.45) is 37.3. The number of carbonyl (C=O) groups excluding carboxylic acids is 1. The third-order valence-electron chi connectivity index (χ3n) is 7.90. The second-order valence-electron chi connectivity index (χ2n) is 12.0. The van der Waals surface area contributed by atoms with Gasteiger partial charge in [-0.2, -0.15) is 11.8 Å². The molecule has 0 aromatic heterocycles. The minimum Gasteiger partial charge on any atom is -0.465 e. The molecule has 0 saturated carbocycles. The van der Waals surface area contributed by atoms with Crippen LogP contribution in [0.25, 0.3) is 0 Å². The molecule has 0 aliphatic rings. The fraction of sp³-hybridized carbons (Fsp3) is 0.971. The smallest absolute Gasteiger partial charge is 0.309 e. The Labute approximate surface area is 245 Å². The molecule has 38 heavy (non-hydrogen) atoms. The minimum atomic E-state index is 0.0115. The number of rotatable bonds is 32. The van der Waals surface area contributed by atoms with Gasteiger partial charge in [-0.15, -0.1) is 0 Å². The Hall–Kier alpha value is -0.180. The van der Waals surface area contributed by atoms with Crippen molar-refractivity contribution in [2.24, 2.45) is 5.92 Å². The van der Waals surface area contributed by atoms with Crippen molar-refractivity contribution in [1.82, 2.24) is 0 Å². The zero-order valence-electron chi connectivity index (χ0n) is 26.5. The van der Waals surface area contributed by atoms with Crippen molar-refractivity contribution in [3.05, 3.63) is 0 Å². The Morgan fingerprint density at radius 2 is 0.816 bits per heavy atom. The Kier molecular flexibility index (Phi) is 32.9. The van der Waals surface area contributed by atoms with Crippen LogP contribution in [0.5, 0.6) is 0 Å². The lowest BCUT2D eigenvalue weighted by Gasteiger charge is -2.11. The molecule has 0 radical (unpaired) electrons. The van der Waals surface area contributed by atoms with Crippen molar-refractivity contribution in [2.75, 3.05) is 18.1 Å². The zero-order valence-corrected chi connectivity index (χ0v) is 27.3. The summed E-state index contributed by atoms with van der Waals surface area (Å²) in [6.45, 7) is 7.22. The summed E-state index contributed by atoms with van der Waals surface area (Å²) in [6, 6.07) is 0. The molecule has 3 heteroatoms. The highest BCUT2D eigenvalue weighted by atomic mass is 32.2. The molecule has 0 aliphatic carbocycles. The first-order valence-corrected chi connectivity index (χ1v) is 18.6. The molecule has 0 saturated heterocycles. The maximum atomic E-state index is 12.2. The molecule has 0 aliphatic heterocycles. The summed E-state index contributed by atoms with van der Waals surface area (Å²) in [4.78, 5) is 12.2. The molecule has 1 atom stereocenters. The van der Waals surface area contributed by atoms with Gasteiger partial charge in [0.05, 0.1) is 12.5 Å². The van der Waals surface area contributed by atoms with E-state index in [4.69, 9.17) is 4.74 Å². The van der Waals surface area contributed by atoms with Crippen LogP contribution in [0.1, 0.15) is 194 Å². The number of unbranched alkanes of at least 4 members (excludes halogenated alkanes) is 25. The van der Waals surface area contributed by atoms with E-state index >= 15 is 0 Å². The SMILES string of the molecule is CCCCCCCCCCCCCCCCCCOC(=O)C(C)CSCCCCCCCCCCCCC. The summed E-state index contributed by atoms with van der Waals surface area (Å²) in [5.74, 6) is 2.15. The lowest BCUT2D eigenvalue weighted by atomic mass is 10.0. The van der Waals surface area contributed by atoms with Crippen LogP contribution >= 0.6 is 11.8 Å². The van der Waals surface area contributed by atoms with E-state index in [1.54, 1.807) is 0 Å². The van der Waals surface area contributed by atoms with Crippen LogP contribution in [-0.2, 0) is 9.53 Å². The molecule has 0 rings (SSSR count). The number of hydrogen-bond donors (Lipinski definition) is 0. The summed E-state index contributed by atoms with van der Waals surface area (Å²) in [5, 5.41) is 0. The largest absolute Gasteiger partial charge is 0.465 e. The second-order valence-corrected chi connectivity index (χ2v) is 13.1. The van der Waals surface area contributed by atoms with Crippen molar-refractivity contribution >= 4 is 17.7 Å². The van der Waals surface area contributed by atoms with E-state index in [-0.39, 0.29) is 11.9 Å². The Morgan fingerprint density at radius 3 is 1.18 bits per heavy atom. The first kappa shape index (κ1) is 37.8. The monoisotopic (exact) mass is 555 g/mol. The van der Waals surface area contributed by atoms with Gasteiger partial charge in [-0.05, 0) is 18.6 Å². The van der Waals surface area contributed by atoms with Crippen LogP contribution in [-0.4, -0.2) is 24.1 Å². The highest BCUT2D eigenvalue weighted by Gasteiger charge is 2.14. The minimum absolute atomic E-state index is 0.0115. The Balaban J connectivity index is 3.27. The molecule has 2 nitrogen and oxygen atoms in total. The molecule has 0 N–H and O–H groups in total. The summed E-state index contributed by atoms with van der Waals surface area (Å²) < 4.78 is 5.53. The quantitative estimate of drug-likeness (QED) is 0.0611. The van der Waals surface area contributed by atoms with Gasteiger partial charge < -0.3 is 4.74 Å². The molecular weight excluding hydrogens is 484 g/mol. The van der Waals surface area contributed by atoms with E-state index in [1.165, 1.54) is 173 Å². The number of ether oxygens (including phenoxy) is 1. The van der Waals surface area contributed by atoms with Gasteiger partial charge in [0.1, 0.15) is 0 Å². The van der Waals surface area contributed by atoms with Gasteiger partial charge in [0.2, 0.25) is 0 Å². The molecular formula is C35H70O2S. The lowest BCUT2D eigenvalue weighted by molar-refractivity contribution is -0.147. The van der Waals surface area contributed by atoms with E-state index in [0.29, 0.717) is 6.61 Å². The van der Waals surface area contributed by atoms with Crippen LogP contribution in [0.4, 0.5) is 0 Å². The van der Waals surface area contributed by atoms with Gasteiger partial charge in [0.15, 0.2) is 0 Å². The van der Waals surface area contributed by atoms with Crippen LogP contribution in [0.2, 0.25) is 0 Å². The maximum Gasteiger partial charge on any atom is 0.309 e. The first-order valence-electron chi connectivity index (χ1n) is 17.5. The molecule has 0 bridgehead atoms. The van der Waals surface area contributed by atoms with Crippen LogP contribution < -0.4 is 0 Å². The van der Waals surface area contributed by atoms with E-state index in [2.05, 4.69) is 13.8 Å². The first-order chi connectivity index (χ1) is 18.7. The summed E-state index contributed by atoms with van der Waals surface area (Å²) >= 11 is 1.93. The van der Waals surface area contributed by atoms with Gasteiger partial charge in [-0.3, -0.25) is 4.79 Å². The Morgan fingerprint density at radius 1 is 0.500 bits per heavy atom. The van der Waals surface area contributed by atoms with Gasteiger partial charge in [-0.25, -0.2) is 0 Å². The number of esters is 1. The summed E-state index contributed by atoms with van der Waals surface area (Å²) in [5.41, 5.74) is 0. The van der Waals surface area contributed by atoms with Crippen LogP contribution in [0.3, 0.4) is 0 Å². The van der Waals surface area contributed by atoms with Gasteiger partial charge in [0.25, 0.3) is 0 Å². The highest BCUT2D eigenvalue weighted by molar-refractivity contribution is 7.99. The topological polar surface area (TPSA) is 26.3 Å². The second kappa shape index (κ2) is 33.0. The predicted molar refractivity (Wildman–Crippen MR) is 173 cm³/mol. The lowest BCUT2D eigenvalue weighted by Crippen LogP contribution is -2.17. The maximum absolute atomic E-state index is 12.2. The van der Waals surface area contributed by atoms with Gasteiger partial charge in [0, 0.05) is 5.75 Å². The third kappa shape index (κ3) is 30.4. The van der Waals surface area contributed by atoms with Crippen molar-refractivity contribution in [1.29, 1.82) is 0 Å². The van der Waals surface area contributed by atoms with Gasteiger partial charge in [-0.1, -0.05) is 181 Å². The van der Waals surface area contributed by atoms with E-state index in [9.17, 15) is 4.79 Å². The molecule has 0 amide bonds. The molecule has 0 aromatic rings. The average molecular weight is 555 g/mol. The molecule has 1 unspecified atom stereocenters. The third-order valence-corrected chi connectivity index (χ3v) is 9.22. The standard InChI is InChI=1S/C35H70O2S/c1-4-6-8-10-12-14-16-17-18-19-20-21-23-25-27-29-31-37-35(36)34(3)33-38-32-30-28-26-24-22-15-13-11-9-7-5-2/h34H,4-33H2,1-3H3. The number of hydrogen-bond acceptors (Lipinski definition) is 3. The highest BCUT2D eigenvalue weighted by Crippen LogP contribution is 2.16. The Bertz CT molecular complexity index is 453. The van der Waals surface area contributed by atoms with Crippen molar-refractivity contribution in [3.63, 3.8) is 0 Å². The fourth-order valence-electron chi connectivity index (χ4n) is 5.16. The molecule has 228 valence electrons. The van der Waals surface area contributed by atoms with Crippen LogP contribution in [0, 0.1) is 5.92 Å². The number of thioether (sulfide) groups is 1. The van der Waals surface area contributed by atoms with E-state index in [1.807, 2.05) is 18.7 Å². The molecule has 0 aromatic carbocycles. The van der Waals surface area contributed by atoms with E-state index in [0.717, 1.165) is 12.2 Å². The van der Waals surface area contributed by atoms with Crippen molar-refractivity contribution in [2.45, 2.75) is 194 Å². The van der Waals surface area contributed by atoms with E-state index < -0.39 is 0 Å². The fourth-order valence-corrected chi connectivity index (χ4v) is 6.23. The predicted octanol–water partition coefficient (Wildman–Crippen LogP) is 12.5. The number of carbonyl (C=O) groups is 1. The average Bonchev–Trinajstić information content (AvgIpc) is 2.92.